The Bertz CT molecular complexity index is 681. The van der Waals surface area contributed by atoms with E-state index in [0.717, 1.165) is 18.5 Å². The first-order chi connectivity index (χ1) is 12.4. The van der Waals surface area contributed by atoms with Gasteiger partial charge in [0.2, 0.25) is 5.91 Å². The fourth-order valence-electron chi connectivity index (χ4n) is 2.52. The molecule has 0 aromatic heterocycles. The van der Waals surface area contributed by atoms with Crippen LogP contribution in [0.1, 0.15) is 13.3 Å². The minimum absolute atomic E-state index is 0. The molecule has 1 fully saturated rings. The van der Waals surface area contributed by atoms with Gasteiger partial charge in [-0.3, -0.25) is 4.79 Å². The van der Waals surface area contributed by atoms with E-state index in [9.17, 15) is 4.79 Å². The van der Waals surface area contributed by atoms with Crippen molar-refractivity contribution in [3.8, 4) is 5.75 Å². The Kier molecular flexibility index (Phi) is 9.93. The quantitative estimate of drug-likeness (QED) is 0.279. The highest BCUT2D eigenvalue weighted by atomic mass is 127. The topological polar surface area (TPSA) is 57.2 Å². The lowest BCUT2D eigenvalue weighted by molar-refractivity contribution is -0.127. The number of nitrogens with one attached hydrogen (secondary N) is 1. The molecule has 1 aliphatic heterocycles. The molecule has 1 unspecified atom stereocenters. The number of amides is 1. The Hall–Kier alpha value is -1.48. The molecule has 1 atom stereocenters. The van der Waals surface area contributed by atoms with Gasteiger partial charge >= 0.3 is 0 Å². The predicted molar refractivity (Wildman–Crippen MR) is 121 cm³/mol. The molecule has 0 aliphatic carbocycles. The summed E-state index contributed by atoms with van der Waals surface area (Å²) in [6, 6.07) is 7.47. The van der Waals surface area contributed by atoms with Crippen molar-refractivity contribution in [2.75, 3.05) is 40.3 Å². The van der Waals surface area contributed by atoms with Crippen molar-refractivity contribution in [3.63, 3.8) is 0 Å². The van der Waals surface area contributed by atoms with Gasteiger partial charge in [0.25, 0.3) is 0 Å². The zero-order valence-corrected chi connectivity index (χ0v) is 19.2. The van der Waals surface area contributed by atoms with E-state index in [1.807, 2.05) is 31.2 Å². The maximum absolute atomic E-state index is 11.9. The van der Waals surface area contributed by atoms with E-state index in [-0.39, 0.29) is 42.5 Å². The molecule has 1 saturated heterocycles. The van der Waals surface area contributed by atoms with Crippen molar-refractivity contribution >= 4 is 47.4 Å². The zero-order valence-electron chi connectivity index (χ0n) is 16.1. The van der Waals surface area contributed by atoms with Gasteiger partial charge < -0.3 is 19.9 Å². The van der Waals surface area contributed by atoms with E-state index in [1.165, 1.54) is 4.90 Å². The lowest BCUT2D eigenvalue weighted by atomic mass is 10.3. The Morgan fingerprint density at radius 2 is 2.15 bits per heavy atom. The van der Waals surface area contributed by atoms with Crippen LogP contribution in [-0.4, -0.2) is 68.0 Å². The van der Waals surface area contributed by atoms with Crippen molar-refractivity contribution < 1.29 is 9.53 Å². The van der Waals surface area contributed by atoms with Crippen molar-refractivity contribution in [2.45, 2.75) is 19.4 Å². The summed E-state index contributed by atoms with van der Waals surface area (Å²) in [7, 11) is 3.45. The van der Waals surface area contributed by atoms with Gasteiger partial charge in [-0.15, -0.1) is 24.0 Å². The molecule has 0 bridgehead atoms. The van der Waals surface area contributed by atoms with Crippen molar-refractivity contribution in [2.24, 2.45) is 4.99 Å². The van der Waals surface area contributed by atoms with Gasteiger partial charge in [0.1, 0.15) is 18.4 Å². The summed E-state index contributed by atoms with van der Waals surface area (Å²) in [5.41, 5.74) is 1.000. The maximum atomic E-state index is 11.9. The van der Waals surface area contributed by atoms with Gasteiger partial charge in [-0.2, -0.15) is 0 Å². The molecule has 1 amide bonds. The lowest BCUT2D eigenvalue weighted by Gasteiger charge is -2.22. The van der Waals surface area contributed by atoms with E-state index in [1.54, 1.807) is 14.1 Å². The molecule has 1 N–H and O–H groups in total. The Labute approximate surface area is 183 Å². The number of likely N-dealkylation sites (N-methyl/N-ethyl adjacent to an activating group) is 1. The number of halogens is 2. The van der Waals surface area contributed by atoms with Gasteiger partial charge in [0.05, 0.1) is 11.6 Å². The molecule has 1 aromatic carbocycles. The maximum Gasteiger partial charge on any atom is 0.243 e. The standard InChI is InChI=1S/C19H27ClN4O2.HI/c1-14(2)11-21-19(22-12-18(25)23(3)4)24-10-9-15(13-24)26-17-8-6-5-7-16(17)20;/h5-8,15H,1,9-13H2,2-4H3,(H,21,22);1H. The van der Waals surface area contributed by atoms with Gasteiger partial charge in [-0.1, -0.05) is 35.9 Å². The van der Waals surface area contributed by atoms with E-state index < -0.39 is 0 Å². The molecule has 0 radical (unpaired) electrons. The van der Waals surface area contributed by atoms with Crippen molar-refractivity contribution in [1.82, 2.24) is 15.1 Å². The molecule has 1 heterocycles. The van der Waals surface area contributed by atoms with Crippen LogP contribution < -0.4 is 10.1 Å². The fraction of sp³-hybridized carbons (Fsp3) is 0.474. The third kappa shape index (κ3) is 7.57. The highest BCUT2D eigenvalue weighted by Gasteiger charge is 2.27. The van der Waals surface area contributed by atoms with Gasteiger partial charge in [0, 0.05) is 33.6 Å². The van der Waals surface area contributed by atoms with Crippen LogP contribution in [0.3, 0.4) is 0 Å². The van der Waals surface area contributed by atoms with Crippen LogP contribution in [0.25, 0.3) is 0 Å². The molecular weight excluding hydrogens is 479 g/mol. The first-order valence-corrected chi connectivity index (χ1v) is 9.03. The summed E-state index contributed by atoms with van der Waals surface area (Å²) in [5, 5.41) is 3.88. The number of nitrogens with zero attached hydrogens (tertiary/aromatic N) is 3. The summed E-state index contributed by atoms with van der Waals surface area (Å²) in [6.07, 6.45) is 0.886. The lowest BCUT2D eigenvalue weighted by Crippen LogP contribution is -2.42. The van der Waals surface area contributed by atoms with Crippen LogP contribution in [0.2, 0.25) is 5.02 Å². The smallest absolute Gasteiger partial charge is 0.243 e. The summed E-state index contributed by atoms with van der Waals surface area (Å²) in [4.78, 5) is 20.0. The molecule has 1 aliphatic rings. The molecule has 0 spiro atoms. The SMILES string of the molecule is C=C(C)CNC(=NCC(=O)N(C)C)N1CCC(Oc2ccccc2Cl)C1.I. The number of hydrogen-bond acceptors (Lipinski definition) is 3. The fourth-order valence-corrected chi connectivity index (χ4v) is 2.70. The normalized spacial score (nSPS) is 16.5. The number of para-hydroxylation sites is 1. The molecule has 8 heteroatoms. The summed E-state index contributed by atoms with van der Waals surface area (Å²) in [6.45, 7) is 8.06. The van der Waals surface area contributed by atoms with E-state index in [0.29, 0.717) is 29.8 Å². The predicted octanol–water partition coefficient (Wildman–Crippen LogP) is 3.02. The molecule has 0 saturated carbocycles. The van der Waals surface area contributed by atoms with Gasteiger partial charge in [0.15, 0.2) is 5.96 Å². The number of ether oxygens (including phenoxy) is 1. The molecular formula is C19H28ClIN4O2. The van der Waals surface area contributed by atoms with Crippen LogP contribution in [0.4, 0.5) is 0 Å². The second-order valence-corrected chi connectivity index (χ2v) is 7.05. The van der Waals surface area contributed by atoms with Crippen LogP contribution in [0, 0.1) is 0 Å². The molecule has 27 heavy (non-hydrogen) atoms. The average molecular weight is 507 g/mol. The molecule has 2 rings (SSSR count). The van der Waals surface area contributed by atoms with Gasteiger partial charge in [-0.25, -0.2) is 4.99 Å². The number of carbonyl (C=O) groups excluding carboxylic acids is 1. The molecule has 6 nitrogen and oxygen atoms in total. The third-order valence-corrected chi connectivity index (χ3v) is 4.30. The second-order valence-electron chi connectivity index (χ2n) is 6.64. The van der Waals surface area contributed by atoms with Gasteiger partial charge in [-0.05, 0) is 19.1 Å². The largest absolute Gasteiger partial charge is 0.487 e. The molecule has 150 valence electrons. The molecule has 1 aromatic rings. The second kappa shape index (κ2) is 11.4. The minimum atomic E-state index is -0.0392. The number of hydrogen-bond donors (Lipinski definition) is 1. The van der Waals surface area contributed by atoms with Crippen LogP contribution in [0.5, 0.6) is 5.75 Å². The number of likely N-dealkylation sites (tertiary alicyclic amines) is 1. The third-order valence-electron chi connectivity index (χ3n) is 3.99. The first kappa shape index (κ1) is 23.6. The Morgan fingerprint density at radius 1 is 1.44 bits per heavy atom. The van der Waals surface area contributed by atoms with E-state index in [4.69, 9.17) is 16.3 Å². The highest BCUT2D eigenvalue weighted by Crippen LogP contribution is 2.26. The average Bonchev–Trinajstić information content (AvgIpc) is 3.04. The van der Waals surface area contributed by atoms with E-state index in [2.05, 4.69) is 21.8 Å². The highest BCUT2D eigenvalue weighted by molar-refractivity contribution is 14.0. The Morgan fingerprint density at radius 3 is 2.78 bits per heavy atom. The van der Waals surface area contributed by atoms with E-state index >= 15 is 0 Å². The van der Waals surface area contributed by atoms with Crippen molar-refractivity contribution in [1.29, 1.82) is 0 Å². The minimum Gasteiger partial charge on any atom is -0.487 e. The Balaban J connectivity index is 0.00000364. The van der Waals surface area contributed by atoms with Crippen molar-refractivity contribution in [3.05, 3.63) is 41.4 Å². The monoisotopic (exact) mass is 506 g/mol. The number of rotatable bonds is 6. The first-order valence-electron chi connectivity index (χ1n) is 8.65. The van der Waals surface area contributed by atoms with Crippen LogP contribution in [0.15, 0.2) is 41.4 Å². The zero-order chi connectivity index (χ0) is 19.1. The summed E-state index contributed by atoms with van der Waals surface area (Å²) < 4.78 is 6.03. The summed E-state index contributed by atoms with van der Waals surface area (Å²) in [5.74, 6) is 1.35. The number of benzene rings is 1. The van der Waals surface area contributed by atoms with Crippen LogP contribution in [-0.2, 0) is 4.79 Å². The number of carbonyl (C=O) groups is 1. The number of guanidine groups is 1. The number of aliphatic imine (C=N–C) groups is 1. The summed E-state index contributed by atoms with van der Waals surface area (Å²) >= 11 is 6.17. The van der Waals surface area contributed by atoms with Crippen LogP contribution >= 0.6 is 35.6 Å².